The summed E-state index contributed by atoms with van der Waals surface area (Å²) in [5, 5.41) is 3.21. The molecular formula is C17H15ClN4O2. The Morgan fingerprint density at radius 1 is 1.38 bits per heavy atom. The van der Waals surface area contributed by atoms with Gasteiger partial charge in [-0.1, -0.05) is 11.6 Å². The number of imidazole rings is 1. The van der Waals surface area contributed by atoms with Crippen LogP contribution in [-0.2, 0) is 0 Å². The van der Waals surface area contributed by atoms with Crippen LogP contribution < -0.4 is 11.0 Å². The molecule has 7 heteroatoms. The number of halogens is 1. The van der Waals surface area contributed by atoms with E-state index in [1.54, 1.807) is 22.8 Å². The maximum atomic E-state index is 12.4. The molecule has 0 unspecified atom stereocenters. The molecule has 2 aromatic heterocycles. The molecule has 0 aliphatic heterocycles. The molecule has 0 spiro atoms. The Labute approximate surface area is 142 Å². The first kappa shape index (κ1) is 15.0. The van der Waals surface area contributed by atoms with Crippen molar-refractivity contribution in [3.05, 3.63) is 57.2 Å². The number of aryl methyl sites for hydroxylation is 1. The summed E-state index contributed by atoms with van der Waals surface area (Å²) in [6.45, 7) is 1.81. The van der Waals surface area contributed by atoms with Gasteiger partial charge >= 0.3 is 5.69 Å². The molecule has 122 valence electrons. The molecule has 0 radical (unpaired) electrons. The van der Waals surface area contributed by atoms with Gasteiger partial charge in [0.1, 0.15) is 5.15 Å². The molecule has 2 heterocycles. The number of nitrogens with zero attached hydrogens (tertiary/aromatic N) is 2. The number of anilines is 1. The van der Waals surface area contributed by atoms with Crippen LogP contribution in [0.5, 0.6) is 0 Å². The number of hydrogen-bond donors (Lipinski definition) is 2. The Kier molecular flexibility index (Phi) is 3.42. The lowest BCUT2D eigenvalue weighted by Gasteiger charge is -2.08. The maximum absolute atomic E-state index is 12.4. The second kappa shape index (κ2) is 5.49. The van der Waals surface area contributed by atoms with Crippen molar-refractivity contribution >= 4 is 34.2 Å². The normalized spacial score (nSPS) is 14.1. The molecule has 4 rings (SSSR count). The van der Waals surface area contributed by atoms with E-state index in [9.17, 15) is 9.59 Å². The predicted octanol–water partition coefficient (Wildman–Crippen LogP) is 3.27. The van der Waals surface area contributed by atoms with E-state index in [-0.39, 0.29) is 17.6 Å². The summed E-state index contributed by atoms with van der Waals surface area (Å²) in [5.74, 6) is -0.258. The molecule has 1 saturated carbocycles. The van der Waals surface area contributed by atoms with Crippen molar-refractivity contribution in [2.75, 3.05) is 5.32 Å². The lowest BCUT2D eigenvalue weighted by molar-refractivity contribution is 0.102. The molecule has 1 aliphatic rings. The largest absolute Gasteiger partial charge is 0.326 e. The number of pyridine rings is 1. The van der Waals surface area contributed by atoms with Gasteiger partial charge < -0.3 is 10.3 Å². The number of aromatic nitrogens is 3. The number of carbonyl (C=O) groups excluding carboxylic acids is 1. The average Bonchev–Trinajstić information content (AvgIpc) is 3.29. The fraction of sp³-hybridized carbons (Fsp3) is 0.235. The second-order valence-electron chi connectivity index (χ2n) is 6.04. The van der Waals surface area contributed by atoms with E-state index in [1.165, 1.54) is 6.20 Å². The highest BCUT2D eigenvalue weighted by atomic mass is 35.5. The Hall–Kier alpha value is -2.60. The van der Waals surface area contributed by atoms with Gasteiger partial charge in [-0.3, -0.25) is 9.36 Å². The third-order valence-corrected chi connectivity index (χ3v) is 4.42. The first-order valence-corrected chi connectivity index (χ1v) is 8.08. The monoisotopic (exact) mass is 342 g/mol. The lowest BCUT2D eigenvalue weighted by Crippen LogP contribution is -2.15. The van der Waals surface area contributed by atoms with Gasteiger partial charge in [0.2, 0.25) is 0 Å². The highest BCUT2D eigenvalue weighted by Crippen LogP contribution is 2.36. The fourth-order valence-corrected chi connectivity index (χ4v) is 3.06. The van der Waals surface area contributed by atoms with Gasteiger partial charge in [0.25, 0.3) is 5.91 Å². The third kappa shape index (κ3) is 2.59. The van der Waals surface area contributed by atoms with Gasteiger partial charge in [-0.2, -0.15) is 0 Å². The van der Waals surface area contributed by atoms with Crippen LogP contribution in [0.4, 0.5) is 5.69 Å². The smallest absolute Gasteiger partial charge is 0.322 e. The Morgan fingerprint density at radius 3 is 2.88 bits per heavy atom. The summed E-state index contributed by atoms with van der Waals surface area (Å²) in [6, 6.07) is 7.31. The number of benzene rings is 1. The number of H-pyrrole nitrogens is 1. The van der Waals surface area contributed by atoms with Gasteiger partial charge in [-0.25, -0.2) is 9.78 Å². The number of nitrogens with one attached hydrogen (secondary N) is 2. The van der Waals surface area contributed by atoms with E-state index in [0.29, 0.717) is 16.4 Å². The van der Waals surface area contributed by atoms with Crippen LogP contribution in [0.25, 0.3) is 11.0 Å². The SMILES string of the molecule is Cc1cc(Cl)ncc1C(=O)Nc1ccc2[nH]c(=O)n(C3CC3)c2c1. The highest BCUT2D eigenvalue weighted by Gasteiger charge is 2.27. The summed E-state index contributed by atoms with van der Waals surface area (Å²) in [6.07, 6.45) is 3.49. The van der Waals surface area contributed by atoms with Gasteiger partial charge in [-0.15, -0.1) is 0 Å². The minimum Gasteiger partial charge on any atom is -0.322 e. The number of fused-ring (bicyclic) bond motifs is 1. The third-order valence-electron chi connectivity index (χ3n) is 4.21. The van der Waals surface area contributed by atoms with Crippen LogP contribution in [0.15, 0.2) is 35.3 Å². The number of hydrogen-bond acceptors (Lipinski definition) is 3. The molecule has 0 bridgehead atoms. The molecule has 3 aromatic rings. The first-order valence-electron chi connectivity index (χ1n) is 7.71. The zero-order valence-electron chi connectivity index (χ0n) is 13.0. The van der Waals surface area contributed by atoms with Crippen LogP contribution in [-0.4, -0.2) is 20.4 Å². The van der Waals surface area contributed by atoms with Gasteiger partial charge in [0.05, 0.1) is 16.6 Å². The number of carbonyl (C=O) groups is 1. The Morgan fingerprint density at radius 2 is 2.17 bits per heavy atom. The Balaban J connectivity index is 1.68. The van der Waals surface area contributed by atoms with Crippen molar-refractivity contribution in [1.29, 1.82) is 0 Å². The van der Waals surface area contributed by atoms with Gasteiger partial charge in [0, 0.05) is 17.9 Å². The van der Waals surface area contributed by atoms with E-state index in [1.807, 2.05) is 13.0 Å². The van der Waals surface area contributed by atoms with Crippen molar-refractivity contribution in [1.82, 2.24) is 14.5 Å². The molecule has 2 N–H and O–H groups in total. The Bertz CT molecular complexity index is 1020. The molecular weight excluding hydrogens is 328 g/mol. The standard InChI is InChI=1S/C17H15ClN4O2/c1-9-6-15(18)19-8-12(9)16(23)20-10-2-5-13-14(7-10)22(11-3-4-11)17(24)21-13/h2,5-8,11H,3-4H2,1H3,(H,20,23)(H,21,24). The van der Waals surface area contributed by atoms with E-state index < -0.39 is 0 Å². The van der Waals surface area contributed by atoms with Crippen molar-refractivity contribution in [2.45, 2.75) is 25.8 Å². The van der Waals surface area contributed by atoms with Gasteiger partial charge in [-0.05, 0) is 49.6 Å². The topological polar surface area (TPSA) is 79.8 Å². The number of amides is 1. The zero-order valence-corrected chi connectivity index (χ0v) is 13.7. The van der Waals surface area contributed by atoms with Crippen LogP contribution in [0.1, 0.15) is 34.8 Å². The molecule has 0 atom stereocenters. The summed E-state index contributed by atoms with van der Waals surface area (Å²) >= 11 is 5.82. The van der Waals surface area contributed by atoms with E-state index >= 15 is 0 Å². The summed E-state index contributed by atoms with van der Waals surface area (Å²) in [7, 11) is 0. The maximum Gasteiger partial charge on any atom is 0.326 e. The van der Waals surface area contributed by atoms with Gasteiger partial charge in [0.15, 0.2) is 0 Å². The van der Waals surface area contributed by atoms with Crippen LogP contribution in [0, 0.1) is 6.92 Å². The second-order valence-corrected chi connectivity index (χ2v) is 6.43. The molecule has 1 amide bonds. The number of aromatic amines is 1. The lowest BCUT2D eigenvalue weighted by atomic mass is 10.1. The van der Waals surface area contributed by atoms with Crippen molar-refractivity contribution in [2.24, 2.45) is 0 Å². The molecule has 6 nitrogen and oxygen atoms in total. The molecule has 1 aliphatic carbocycles. The fourth-order valence-electron chi connectivity index (χ4n) is 2.85. The van der Waals surface area contributed by atoms with Crippen molar-refractivity contribution in [3.63, 3.8) is 0 Å². The zero-order chi connectivity index (χ0) is 16.8. The average molecular weight is 343 g/mol. The van der Waals surface area contributed by atoms with E-state index in [2.05, 4.69) is 15.3 Å². The molecule has 1 fully saturated rings. The molecule has 1 aromatic carbocycles. The highest BCUT2D eigenvalue weighted by molar-refractivity contribution is 6.29. The summed E-state index contributed by atoms with van der Waals surface area (Å²) < 4.78 is 1.76. The minimum atomic E-state index is -0.258. The van der Waals surface area contributed by atoms with Crippen LogP contribution >= 0.6 is 11.6 Å². The first-order chi connectivity index (χ1) is 11.5. The minimum absolute atomic E-state index is 0.103. The summed E-state index contributed by atoms with van der Waals surface area (Å²) in [5.41, 5.74) is 3.34. The van der Waals surface area contributed by atoms with Crippen molar-refractivity contribution < 1.29 is 4.79 Å². The van der Waals surface area contributed by atoms with E-state index in [4.69, 9.17) is 11.6 Å². The quantitative estimate of drug-likeness (QED) is 0.717. The van der Waals surface area contributed by atoms with Crippen molar-refractivity contribution in [3.8, 4) is 0 Å². The van der Waals surface area contributed by atoms with E-state index in [0.717, 1.165) is 29.4 Å². The van der Waals surface area contributed by atoms with Crippen LogP contribution in [0.2, 0.25) is 5.15 Å². The number of rotatable bonds is 3. The molecule has 24 heavy (non-hydrogen) atoms. The summed E-state index contributed by atoms with van der Waals surface area (Å²) in [4.78, 5) is 31.3. The predicted molar refractivity (Wildman–Crippen MR) is 92.8 cm³/mol. The van der Waals surface area contributed by atoms with Crippen LogP contribution in [0.3, 0.4) is 0 Å². The molecule has 0 saturated heterocycles.